The zero-order chi connectivity index (χ0) is 15.1. The Morgan fingerprint density at radius 3 is 2.14 bits per heavy atom. The van der Waals surface area contributed by atoms with Crippen LogP contribution in [0, 0.1) is 6.92 Å². The highest BCUT2D eigenvalue weighted by Gasteiger charge is 2.02. The largest absolute Gasteiger partial charge is 0.158 e. The van der Waals surface area contributed by atoms with Crippen LogP contribution in [0.25, 0.3) is 11.3 Å². The van der Waals surface area contributed by atoms with E-state index in [0.717, 1.165) is 16.8 Å². The predicted octanol–water partition coefficient (Wildman–Crippen LogP) is 4.24. The summed E-state index contributed by atoms with van der Waals surface area (Å²) in [5, 5.41) is 15.8. The van der Waals surface area contributed by atoms with Gasteiger partial charge in [0.2, 0.25) is 0 Å². The SMILES string of the molecule is Cc1cc(-c2ccccc2)nnc1Cl.Clc1cccnn1. The molecule has 0 fully saturated rings. The fourth-order valence-corrected chi connectivity index (χ4v) is 1.71. The molecule has 3 aromatic rings. The van der Waals surface area contributed by atoms with Crippen molar-refractivity contribution in [2.75, 3.05) is 0 Å². The number of rotatable bonds is 1. The van der Waals surface area contributed by atoms with Crippen LogP contribution in [0.2, 0.25) is 10.3 Å². The minimum Gasteiger partial charge on any atom is -0.158 e. The van der Waals surface area contributed by atoms with Crippen molar-refractivity contribution in [3.8, 4) is 11.3 Å². The van der Waals surface area contributed by atoms with Crippen molar-refractivity contribution in [3.05, 3.63) is 70.6 Å². The molecule has 0 aliphatic rings. The highest BCUT2D eigenvalue weighted by Crippen LogP contribution is 2.19. The van der Waals surface area contributed by atoms with Gasteiger partial charge in [-0.2, -0.15) is 5.10 Å². The molecule has 1 aromatic carbocycles. The minimum absolute atomic E-state index is 0.433. The Labute approximate surface area is 132 Å². The molecular weight excluding hydrogens is 307 g/mol. The summed E-state index contributed by atoms with van der Waals surface area (Å²) >= 11 is 11.2. The Bertz CT molecular complexity index is 691. The number of hydrogen-bond acceptors (Lipinski definition) is 4. The molecule has 0 bridgehead atoms. The summed E-state index contributed by atoms with van der Waals surface area (Å²) in [6, 6.07) is 15.3. The van der Waals surface area contributed by atoms with E-state index < -0.39 is 0 Å². The molecular formula is C15H12Cl2N4. The number of aromatic nitrogens is 4. The van der Waals surface area contributed by atoms with Gasteiger partial charge in [-0.05, 0) is 30.7 Å². The number of aryl methyl sites for hydroxylation is 1. The van der Waals surface area contributed by atoms with Crippen molar-refractivity contribution >= 4 is 23.2 Å². The second kappa shape index (κ2) is 7.67. The molecule has 0 saturated heterocycles. The highest BCUT2D eigenvalue weighted by atomic mass is 35.5. The zero-order valence-electron chi connectivity index (χ0n) is 11.2. The maximum absolute atomic E-state index is 5.79. The second-order valence-electron chi connectivity index (χ2n) is 4.12. The van der Waals surface area contributed by atoms with Crippen LogP contribution in [0.15, 0.2) is 54.7 Å². The van der Waals surface area contributed by atoms with E-state index >= 15 is 0 Å². The first-order valence-corrected chi connectivity index (χ1v) is 6.91. The standard InChI is InChI=1S/C11H9ClN2.C4H3ClN2/c1-8-7-10(13-14-11(8)12)9-5-3-2-4-6-9;5-4-2-1-3-6-7-4/h2-7H,1H3;1-3H. The van der Waals surface area contributed by atoms with E-state index in [9.17, 15) is 0 Å². The summed E-state index contributed by atoms with van der Waals surface area (Å²) in [6.07, 6.45) is 1.58. The van der Waals surface area contributed by atoms with Gasteiger partial charge in [0.15, 0.2) is 10.3 Å². The molecule has 0 spiro atoms. The van der Waals surface area contributed by atoms with Crippen LogP contribution < -0.4 is 0 Å². The van der Waals surface area contributed by atoms with Gasteiger partial charge in [0.05, 0.1) is 5.69 Å². The summed E-state index contributed by atoms with van der Waals surface area (Å²) < 4.78 is 0. The zero-order valence-corrected chi connectivity index (χ0v) is 12.8. The number of halogens is 2. The lowest BCUT2D eigenvalue weighted by Gasteiger charge is -2.01. The topological polar surface area (TPSA) is 51.6 Å². The van der Waals surface area contributed by atoms with Crippen LogP contribution in [-0.4, -0.2) is 20.4 Å². The highest BCUT2D eigenvalue weighted by molar-refractivity contribution is 6.30. The fraction of sp³-hybridized carbons (Fsp3) is 0.0667. The fourth-order valence-electron chi connectivity index (χ4n) is 1.50. The molecule has 0 aliphatic heterocycles. The maximum atomic E-state index is 5.79. The Balaban J connectivity index is 0.000000194. The first kappa shape index (κ1) is 15.4. The van der Waals surface area contributed by atoms with Gasteiger partial charge in [-0.25, -0.2) is 0 Å². The lowest BCUT2D eigenvalue weighted by atomic mass is 10.1. The number of nitrogens with zero attached hydrogens (tertiary/aromatic N) is 4. The van der Waals surface area contributed by atoms with Crippen molar-refractivity contribution < 1.29 is 0 Å². The van der Waals surface area contributed by atoms with Crippen molar-refractivity contribution in [2.45, 2.75) is 6.92 Å². The first-order chi connectivity index (χ1) is 10.2. The number of hydrogen-bond donors (Lipinski definition) is 0. The van der Waals surface area contributed by atoms with Gasteiger partial charge in [-0.3, -0.25) is 0 Å². The summed E-state index contributed by atoms with van der Waals surface area (Å²) in [7, 11) is 0. The molecule has 0 N–H and O–H groups in total. The molecule has 21 heavy (non-hydrogen) atoms. The van der Waals surface area contributed by atoms with Crippen LogP contribution in [-0.2, 0) is 0 Å². The second-order valence-corrected chi connectivity index (χ2v) is 4.86. The molecule has 2 heterocycles. The van der Waals surface area contributed by atoms with Gasteiger partial charge >= 0.3 is 0 Å². The molecule has 0 radical (unpaired) electrons. The monoisotopic (exact) mass is 318 g/mol. The van der Waals surface area contributed by atoms with E-state index in [1.165, 1.54) is 0 Å². The first-order valence-electron chi connectivity index (χ1n) is 6.15. The predicted molar refractivity (Wildman–Crippen MR) is 84.3 cm³/mol. The molecule has 0 atom stereocenters. The van der Waals surface area contributed by atoms with E-state index in [2.05, 4.69) is 20.4 Å². The molecule has 0 aliphatic carbocycles. The summed E-state index contributed by atoms with van der Waals surface area (Å²) in [5.41, 5.74) is 2.85. The van der Waals surface area contributed by atoms with E-state index in [0.29, 0.717) is 10.3 Å². The third kappa shape index (κ3) is 4.77. The van der Waals surface area contributed by atoms with E-state index in [4.69, 9.17) is 23.2 Å². The number of benzene rings is 1. The Hall–Kier alpha value is -2.04. The molecule has 4 nitrogen and oxygen atoms in total. The average molecular weight is 319 g/mol. The third-order valence-electron chi connectivity index (χ3n) is 2.53. The van der Waals surface area contributed by atoms with Gasteiger partial charge in [0, 0.05) is 11.8 Å². The quantitative estimate of drug-likeness (QED) is 0.673. The van der Waals surface area contributed by atoms with Crippen LogP contribution >= 0.6 is 23.2 Å². The molecule has 2 aromatic heterocycles. The maximum Gasteiger partial charge on any atom is 0.154 e. The van der Waals surface area contributed by atoms with E-state index in [1.54, 1.807) is 18.3 Å². The molecule has 0 saturated carbocycles. The smallest absolute Gasteiger partial charge is 0.154 e. The van der Waals surface area contributed by atoms with E-state index in [1.807, 2.05) is 43.3 Å². The normalized spacial score (nSPS) is 9.67. The van der Waals surface area contributed by atoms with Gasteiger partial charge in [-0.1, -0.05) is 53.5 Å². The van der Waals surface area contributed by atoms with Crippen LogP contribution in [0.3, 0.4) is 0 Å². The van der Waals surface area contributed by atoms with Crippen LogP contribution in [0.1, 0.15) is 5.56 Å². The van der Waals surface area contributed by atoms with Crippen molar-refractivity contribution in [1.29, 1.82) is 0 Å². The summed E-state index contributed by atoms with van der Waals surface area (Å²) in [6.45, 7) is 1.92. The Morgan fingerprint density at radius 1 is 0.857 bits per heavy atom. The van der Waals surface area contributed by atoms with Crippen LogP contribution in [0.5, 0.6) is 0 Å². The molecule has 0 amide bonds. The van der Waals surface area contributed by atoms with E-state index in [-0.39, 0.29) is 0 Å². The van der Waals surface area contributed by atoms with Crippen molar-refractivity contribution in [3.63, 3.8) is 0 Å². The summed E-state index contributed by atoms with van der Waals surface area (Å²) in [5.74, 6) is 0. The van der Waals surface area contributed by atoms with Crippen molar-refractivity contribution in [1.82, 2.24) is 20.4 Å². The van der Waals surface area contributed by atoms with Gasteiger partial charge in [0.1, 0.15) is 0 Å². The Kier molecular flexibility index (Phi) is 5.60. The van der Waals surface area contributed by atoms with Crippen molar-refractivity contribution in [2.24, 2.45) is 0 Å². The van der Waals surface area contributed by atoms with Gasteiger partial charge in [-0.15, -0.1) is 15.3 Å². The average Bonchev–Trinajstić information content (AvgIpc) is 2.52. The lowest BCUT2D eigenvalue weighted by molar-refractivity contribution is 1.02. The molecule has 106 valence electrons. The molecule has 3 rings (SSSR count). The molecule has 0 unspecified atom stereocenters. The van der Waals surface area contributed by atoms with Crippen LogP contribution in [0.4, 0.5) is 0 Å². The lowest BCUT2D eigenvalue weighted by Crippen LogP contribution is -1.90. The van der Waals surface area contributed by atoms with Gasteiger partial charge < -0.3 is 0 Å². The third-order valence-corrected chi connectivity index (χ3v) is 3.11. The van der Waals surface area contributed by atoms with Gasteiger partial charge in [0.25, 0.3) is 0 Å². The minimum atomic E-state index is 0.433. The summed E-state index contributed by atoms with van der Waals surface area (Å²) in [4.78, 5) is 0. The molecule has 6 heteroatoms. The Morgan fingerprint density at radius 2 is 1.62 bits per heavy atom.